The number of allylic oxidation sites excluding steroid dienone is 12. The summed E-state index contributed by atoms with van der Waals surface area (Å²) in [6.07, 6.45) is 47.9. The lowest BCUT2D eigenvalue weighted by Crippen LogP contribution is -2.55. The number of aliphatic carboxylic acids is 1. The van der Waals surface area contributed by atoms with Crippen LogP contribution in [0.15, 0.2) is 72.9 Å². The number of nitrogens with zero attached hydrogens (tertiary/aromatic N) is 1. The highest BCUT2D eigenvalue weighted by Crippen LogP contribution is 2.14. The van der Waals surface area contributed by atoms with Gasteiger partial charge in [0.05, 0.1) is 40.3 Å². The first-order chi connectivity index (χ1) is 27.1. The van der Waals surface area contributed by atoms with Crippen LogP contribution in [-0.4, -0.2) is 75.5 Å². The Morgan fingerprint density at radius 2 is 1.00 bits per heavy atom. The predicted octanol–water partition coefficient (Wildman–Crippen LogP) is 10.6. The molecule has 0 aliphatic carbocycles. The molecule has 2 unspecified atom stereocenters. The number of likely N-dealkylation sites (N-methyl/N-ethyl adjacent to an activating group) is 1. The van der Waals surface area contributed by atoms with E-state index in [1.165, 1.54) is 64.2 Å². The molecule has 0 bridgehead atoms. The van der Waals surface area contributed by atoms with Gasteiger partial charge in [-0.25, -0.2) is 0 Å². The minimum Gasteiger partial charge on any atom is -0.544 e. The van der Waals surface area contributed by atoms with Crippen molar-refractivity contribution in [3.63, 3.8) is 0 Å². The Morgan fingerprint density at radius 3 is 1.45 bits per heavy atom. The second-order valence-electron chi connectivity index (χ2n) is 15.6. The fourth-order valence-corrected chi connectivity index (χ4v) is 5.98. The van der Waals surface area contributed by atoms with Crippen LogP contribution in [-0.2, 0) is 28.6 Å². The van der Waals surface area contributed by atoms with E-state index in [-0.39, 0.29) is 49.1 Å². The monoisotopic (exact) mass is 784 g/mol. The van der Waals surface area contributed by atoms with Crippen LogP contribution in [0.1, 0.15) is 162 Å². The first-order valence-corrected chi connectivity index (χ1v) is 22.0. The number of quaternary nitrogens is 1. The van der Waals surface area contributed by atoms with Crippen molar-refractivity contribution >= 4 is 17.9 Å². The Balaban J connectivity index is 4.47. The number of unbranched alkanes of at least 4 members (excludes halogenated alkanes) is 12. The number of carboxylic acid groups (broad SMARTS) is 1. The van der Waals surface area contributed by atoms with Gasteiger partial charge < -0.3 is 28.6 Å². The fourth-order valence-electron chi connectivity index (χ4n) is 5.98. The van der Waals surface area contributed by atoms with Crippen molar-refractivity contribution in [1.29, 1.82) is 0 Å². The van der Waals surface area contributed by atoms with Gasteiger partial charge in [-0.1, -0.05) is 164 Å². The van der Waals surface area contributed by atoms with Gasteiger partial charge in [0.2, 0.25) is 0 Å². The summed E-state index contributed by atoms with van der Waals surface area (Å²) in [5.41, 5.74) is 0. The minimum absolute atomic E-state index is 0.0156. The molecule has 0 aromatic rings. The molecule has 0 spiro atoms. The third kappa shape index (κ3) is 36.4. The summed E-state index contributed by atoms with van der Waals surface area (Å²) in [4.78, 5) is 36.8. The van der Waals surface area contributed by atoms with Crippen LogP contribution in [0.25, 0.3) is 0 Å². The zero-order valence-electron chi connectivity index (χ0n) is 36.3. The Bertz CT molecular complexity index is 1140. The molecular formula is C48H81NO7. The number of esters is 2. The number of ether oxygens (including phenoxy) is 3. The Hall–Kier alpha value is -3.23. The molecule has 0 fully saturated rings. The molecular weight excluding hydrogens is 703 g/mol. The number of carbonyl (C=O) groups is 3. The van der Waals surface area contributed by atoms with Crippen molar-refractivity contribution in [2.75, 3.05) is 41.0 Å². The van der Waals surface area contributed by atoms with E-state index in [0.717, 1.165) is 57.8 Å². The van der Waals surface area contributed by atoms with Crippen molar-refractivity contribution in [2.45, 2.75) is 174 Å². The van der Waals surface area contributed by atoms with Gasteiger partial charge in [0, 0.05) is 19.3 Å². The van der Waals surface area contributed by atoms with Crippen LogP contribution >= 0.6 is 0 Å². The molecule has 0 saturated heterocycles. The SMILES string of the molecule is CC/C=C/C/C=C/C/C=C/C/C=C/C/C=C/C/C=C/CCC(=O)OCC(COCCC(C(=O)[O-])[N+](C)(C)C)OC(=O)CCCCCCCCCCCCCCC. The molecule has 2 atom stereocenters. The Kier molecular flexibility index (Phi) is 36.4. The summed E-state index contributed by atoms with van der Waals surface area (Å²) in [7, 11) is 5.38. The molecule has 0 radical (unpaired) electrons. The molecule has 0 amide bonds. The summed E-state index contributed by atoms with van der Waals surface area (Å²) in [6, 6.07) is -0.738. The Labute approximate surface area is 342 Å². The average Bonchev–Trinajstić information content (AvgIpc) is 3.15. The fraction of sp³-hybridized carbons (Fsp3) is 0.688. The molecule has 8 heteroatoms. The smallest absolute Gasteiger partial charge is 0.306 e. The lowest BCUT2D eigenvalue weighted by molar-refractivity contribution is -0.889. The zero-order valence-corrected chi connectivity index (χ0v) is 36.3. The standard InChI is InChI=1S/C48H81NO7/c1-6-8-10-12-14-16-18-20-21-22-23-24-25-27-28-30-32-34-36-38-46(50)55-43-44(42-54-41-40-45(48(52)53)49(3,4)5)56-47(51)39-37-35-33-31-29-26-19-17-15-13-11-9-7-2/h8,10,14,16,20-21,23-24,27-28,32,34,44-45H,6-7,9,11-13,15,17-19,22,25-26,29-31,33,35-43H2,1-5H3/b10-8+,16-14+,21-20+,24-23+,28-27+,34-32+. The van der Waals surface area contributed by atoms with E-state index in [2.05, 4.69) is 74.6 Å². The summed E-state index contributed by atoms with van der Waals surface area (Å²) < 4.78 is 17.1. The highest BCUT2D eigenvalue weighted by molar-refractivity contribution is 5.70. The van der Waals surface area contributed by atoms with Gasteiger partial charge in [0.1, 0.15) is 12.6 Å². The van der Waals surface area contributed by atoms with Gasteiger partial charge in [0.15, 0.2) is 6.10 Å². The number of hydrogen-bond donors (Lipinski definition) is 0. The van der Waals surface area contributed by atoms with Gasteiger partial charge in [-0.3, -0.25) is 9.59 Å². The van der Waals surface area contributed by atoms with Crippen molar-refractivity contribution in [3.05, 3.63) is 72.9 Å². The molecule has 0 saturated carbocycles. The lowest BCUT2D eigenvalue weighted by atomic mass is 10.0. The number of carbonyl (C=O) groups excluding carboxylic acids is 3. The molecule has 0 heterocycles. The van der Waals surface area contributed by atoms with Crippen LogP contribution in [0, 0.1) is 0 Å². The topological polar surface area (TPSA) is 102 Å². The van der Waals surface area contributed by atoms with Crippen LogP contribution in [0.4, 0.5) is 0 Å². The van der Waals surface area contributed by atoms with E-state index >= 15 is 0 Å². The number of hydrogen-bond acceptors (Lipinski definition) is 7. The van der Waals surface area contributed by atoms with Crippen molar-refractivity contribution in [1.82, 2.24) is 0 Å². The first kappa shape index (κ1) is 52.8. The van der Waals surface area contributed by atoms with E-state index in [1.54, 1.807) is 21.1 Å². The maximum Gasteiger partial charge on any atom is 0.306 e. The van der Waals surface area contributed by atoms with Gasteiger partial charge in [-0.2, -0.15) is 0 Å². The van der Waals surface area contributed by atoms with Crippen molar-refractivity contribution in [3.8, 4) is 0 Å². The first-order valence-electron chi connectivity index (χ1n) is 22.0. The van der Waals surface area contributed by atoms with Gasteiger partial charge in [0.25, 0.3) is 0 Å². The minimum atomic E-state index is -1.14. The Morgan fingerprint density at radius 1 is 0.554 bits per heavy atom. The lowest BCUT2D eigenvalue weighted by Gasteiger charge is -2.34. The van der Waals surface area contributed by atoms with Crippen molar-refractivity contribution < 1.29 is 38.2 Å². The summed E-state index contributed by atoms with van der Waals surface area (Å²) in [5.74, 6) is -1.85. The third-order valence-corrected chi connectivity index (χ3v) is 9.37. The maximum atomic E-state index is 12.7. The second kappa shape index (κ2) is 38.6. The summed E-state index contributed by atoms with van der Waals surface area (Å²) in [5, 5.41) is 11.6. The number of carboxylic acids is 1. The summed E-state index contributed by atoms with van der Waals surface area (Å²) >= 11 is 0. The van der Waals surface area contributed by atoms with E-state index in [4.69, 9.17) is 14.2 Å². The molecule has 0 rings (SSSR count). The van der Waals surface area contributed by atoms with E-state index in [0.29, 0.717) is 12.8 Å². The van der Waals surface area contributed by atoms with E-state index < -0.39 is 18.1 Å². The van der Waals surface area contributed by atoms with Crippen LogP contribution in [0.3, 0.4) is 0 Å². The zero-order chi connectivity index (χ0) is 41.4. The molecule has 320 valence electrons. The molecule has 0 aliphatic heterocycles. The third-order valence-electron chi connectivity index (χ3n) is 9.37. The largest absolute Gasteiger partial charge is 0.544 e. The molecule has 56 heavy (non-hydrogen) atoms. The molecule has 0 aromatic heterocycles. The average molecular weight is 784 g/mol. The molecule has 0 aliphatic rings. The number of rotatable bonds is 38. The van der Waals surface area contributed by atoms with Gasteiger partial charge >= 0.3 is 11.9 Å². The summed E-state index contributed by atoms with van der Waals surface area (Å²) in [6.45, 7) is 4.46. The van der Waals surface area contributed by atoms with E-state index in [1.807, 2.05) is 12.2 Å². The quantitative estimate of drug-likeness (QED) is 0.0266. The van der Waals surface area contributed by atoms with Crippen LogP contribution < -0.4 is 5.11 Å². The van der Waals surface area contributed by atoms with Crippen LogP contribution in [0.5, 0.6) is 0 Å². The predicted molar refractivity (Wildman–Crippen MR) is 231 cm³/mol. The van der Waals surface area contributed by atoms with Crippen molar-refractivity contribution in [2.24, 2.45) is 0 Å². The molecule has 8 nitrogen and oxygen atoms in total. The van der Waals surface area contributed by atoms with Crippen LogP contribution in [0.2, 0.25) is 0 Å². The molecule has 0 N–H and O–H groups in total. The highest BCUT2D eigenvalue weighted by atomic mass is 16.6. The molecule has 0 aromatic carbocycles. The second-order valence-corrected chi connectivity index (χ2v) is 15.6. The van der Waals surface area contributed by atoms with Gasteiger partial charge in [-0.05, 0) is 51.4 Å². The maximum absolute atomic E-state index is 12.7. The van der Waals surface area contributed by atoms with E-state index in [9.17, 15) is 19.5 Å². The normalized spacial score (nSPS) is 13.7. The van der Waals surface area contributed by atoms with Gasteiger partial charge in [-0.15, -0.1) is 0 Å². The highest BCUT2D eigenvalue weighted by Gasteiger charge is 2.25.